The number of ether oxygens (including phenoxy) is 1. The summed E-state index contributed by atoms with van der Waals surface area (Å²) in [6, 6.07) is 6.95. The normalized spacial score (nSPS) is 16.0. The standard InChI is InChI=1S/C16H25FN4O/c1-3-18-16(19-8-13-22-2)21-11-9-20(10-12-21)15-7-5-4-6-14(15)17/h4-7H,3,8-13H2,1-2H3,(H,18,19). The van der Waals surface area contributed by atoms with Gasteiger partial charge in [0.05, 0.1) is 18.8 Å². The van der Waals surface area contributed by atoms with Gasteiger partial charge in [-0.3, -0.25) is 4.99 Å². The maximum atomic E-state index is 13.9. The van der Waals surface area contributed by atoms with Crippen LogP contribution in [0.3, 0.4) is 0 Å². The van der Waals surface area contributed by atoms with Gasteiger partial charge >= 0.3 is 0 Å². The van der Waals surface area contributed by atoms with Crippen LogP contribution >= 0.6 is 0 Å². The fourth-order valence-electron chi connectivity index (χ4n) is 2.54. The molecule has 0 amide bonds. The molecule has 0 aliphatic carbocycles. The monoisotopic (exact) mass is 308 g/mol. The van der Waals surface area contributed by atoms with Crippen LogP contribution in [0.25, 0.3) is 0 Å². The molecule has 1 fully saturated rings. The van der Waals surface area contributed by atoms with Crippen LogP contribution in [0.5, 0.6) is 0 Å². The molecule has 0 spiro atoms. The molecular weight excluding hydrogens is 283 g/mol. The third-order valence-electron chi connectivity index (χ3n) is 3.66. The van der Waals surface area contributed by atoms with Crippen molar-refractivity contribution in [1.29, 1.82) is 0 Å². The van der Waals surface area contributed by atoms with Gasteiger partial charge in [0, 0.05) is 39.8 Å². The molecule has 1 aromatic rings. The molecule has 1 saturated heterocycles. The number of guanidine groups is 1. The number of halogens is 1. The number of anilines is 1. The number of aliphatic imine (C=N–C) groups is 1. The smallest absolute Gasteiger partial charge is 0.194 e. The predicted octanol–water partition coefficient (Wildman–Crippen LogP) is 1.56. The Kier molecular flexibility index (Phi) is 6.45. The van der Waals surface area contributed by atoms with Crippen LogP contribution < -0.4 is 10.2 Å². The van der Waals surface area contributed by atoms with Crippen molar-refractivity contribution in [1.82, 2.24) is 10.2 Å². The molecular formula is C16H25FN4O. The van der Waals surface area contributed by atoms with Gasteiger partial charge < -0.3 is 19.9 Å². The molecule has 0 bridgehead atoms. The lowest BCUT2D eigenvalue weighted by Gasteiger charge is -2.37. The highest BCUT2D eigenvalue weighted by atomic mass is 19.1. The second-order valence-electron chi connectivity index (χ2n) is 5.15. The Morgan fingerprint density at radius 3 is 2.64 bits per heavy atom. The number of nitrogens with zero attached hydrogens (tertiary/aromatic N) is 3. The molecule has 0 radical (unpaired) electrons. The number of hydrogen-bond donors (Lipinski definition) is 1. The summed E-state index contributed by atoms with van der Waals surface area (Å²) in [6.45, 7) is 7.38. The zero-order valence-corrected chi connectivity index (χ0v) is 13.4. The number of hydrogen-bond acceptors (Lipinski definition) is 3. The SMILES string of the molecule is CCNC(=NCCOC)N1CCN(c2ccccc2F)CC1. The largest absolute Gasteiger partial charge is 0.383 e. The zero-order chi connectivity index (χ0) is 15.8. The highest BCUT2D eigenvalue weighted by Gasteiger charge is 2.21. The van der Waals surface area contributed by atoms with Crippen molar-refractivity contribution in [2.75, 3.05) is 57.9 Å². The molecule has 5 nitrogen and oxygen atoms in total. The van der Waals surface area contributed by atoms with E-state index in [4.69, 9.17) is 4.74 Å². The van der Waals surface area contributed by atoms with Gasteiger partial charge in [0.1, 0.15) is 5.82 Å². The Hall–Kier alpha value is -1.82. The molecule has 6 heteroatoms. The Bertz CT molecular complexity index is 487. The minimum atomic E-state index is -0.156. The molecule has 1 heterocycles. The number of benzene rings is 1. The summed E-state index contributed by atoms with van der Waals surface area (Å²) in [5, 5.41) is 3.30. The summed E-state index contributed by atoms with van der Waals surface area (Å²) >= 11 is 0. The molecule has 2 rings (SSSR count). The summed E-state index contributed by atoms with van der Waals surface area (Å²) in [7, 11) is 1.68. The average Bonchev–Trinajstić information content (AvgIpc) is 2.55. The van der Waals surface area contributed by atoms with Crippen molar-refractivity contribution in [3.05, 3.63) is 30.1 Å². The average molecular weight is 308 g/mol. The molecule has 122 valence electrons. The van der Waals surface area contributed by atoms with Crippen LogP contribution in [-0.4, -0.2) is 63.8 Å². The summed E-state index contributed by atoms with van der Waals surface area (Å²) in [5.41, 5.74) is 0.684. The van der Waals surface area contributed by atoms with Crippen LogP contribution in [0.2, 0.25) is 0 Å². The van der Waals surface area contributed by atoms with E-state index in [-0.39, 0.29) is 5.82 Å². The molecule has 0 unspecified atom stereocenters. The molecule has 1 aromatic carbocycles. The number of nitrogens with one attached hydrogen (secondary N) is 1. The van der Waals surface area contributed by atoms with E-state index in [9.17, 15) is 4.39 Å². The molecule has 0 atom stereocenters. The number of piperazine rings is 1. The zero-order valence-electron chi connectivity index (χ0n) is 13.4. The summed E-state index contributed by atoms with van der Waals surface area (Å²) in [4.78, 5) is 8.86. The van der Waals surface area contributed by atoms with Gasteiger partial charge in [-0.15, -0.1) is 0 Å². The molecule has 1 N–H and O–H groups in total. The molecule has 0 aromatic heterocycles. The summed E-state index contributed by atoms with van der Waals surface area (Å²) < 4.78 is 18.9. The highest BCUT2D eigenvalue weighted by Crippen LogP contribution is 2.20. The predicted molar refractivity (Wildman–Crippen MR) is 88.0 cm³/mol. The Morgan fingerprint density at radius 2 is 2.00 bits per heavy atom. The van der Waals surface area contributed by atoms with E-state index < -0.39 is 0 Å². The Morgan fingerprint density at radius 1 is 1.27 bits per heavy atom. The second kappa shape index (κ2) is 8.58. The van der Waals surface area contributed by atoms with E-state index in [0.717, 1.165) is 38.7 Å². The van der Waals surface area contributed by atoms with E-state index in [1.807, 2.05) is 12.1 Å². The first-order valence-electron chi connectivity index (χ1n) is 7.78. The van der Waals surface area contributed by atoms with Crippen molar-refractivity contribution < 1.29 is 9.13 Å². The van der Waals surface area contributed by atoms with Crippen molar-refractivity contribution in [3.8, 4) is 0 Å². The van der Waals surface area contributed by atoms with Gasteiger partial charge in [0.15, 0.2) is 5.96 Å². The first kappa shape index (κ1) is 16.5. The molecule has 22 heavy (non-hydrogen) atoms. The lowest BCUT2D eigenvalue weighted by molar-refractivity contribution is 0.207. The van der Waals surface area contributed by atoms with E-state index in [0.29, 0.717) is 18.8 Å². The van der Waals surface area contributed by atoms with Gasteiger partial charge in [0.2, 0.25) is 0 Å². The molecule has 1 aliphatic rings. The number of rotatable bonds is 5. The van der Waals surface area contributed by atoms with Gasteiger partial charge in [-0.2, -0.15) is 0 Å². The van der Waals surface area contributed by atoms with Crippen molar-refractivity contribution in [2.45, 2.75) is 6.92 Å². The van der Waals surface area contributed by atoms with Crippen LogP contribution in [0, 0.1) is 5.82 Å². The van der Waals surface area contributed by atoms with E-state index in [1.54, 1.807) is 13.2 Å². The fourth-order valence-corrected chi connectivity index (χ4v) is 2.54. The van der Waals surface area contributed by atoms with Crippen LogP contribution in [0.15, 0.2) is 29.3 Å². The summed E-state index contributed by atoms with van der Waals surface area (Å²) in [6.07, 6.45) is 0. The first-order valence-corrected chi connectivity index (χ1v) is 7.78. The van der Waals surface area contributed by atoms with Crippen molar-refractivity contribution >= 4 is 11.6 Å². The Balaban J connectivity index is 1.95. The van der Waals surface area contributed by atoms with E-state index in [1.165, 1.54) is 6.07 Å². The lowest BCUT2D eigenvalue weighted by Crippen LogP contribution is -2.52. The third kappa shape index (κ3) is 4.34. The van der Waals surface area contributed by atoms with Gasteiger partial charge in [-0.25, -0.2) is 4.39 Å². The third-order valence-corrected chi connectivity index (χ3v) is 3.66. The maximum Gasteiger partial charge on any atom is 0.194 e. The van der Waals surface area contributed by atoms with Gasteiger partial charge in [0.25, 0.3) is 0 Å². The van der Waals surface area contributed by atoms with Crippen molar-refractivity contribution in [3.63, 3.8) is 0 Å². The van der Waals surface area contributed by atoms with Crippen molar-refractivity contribution in [2.24, 2.45) is 4.99 Å². The summed E-state index contributed by atoms with van der Waals surface area (Å²) in [5.74, 6) is 0.754. The van der Waals surface area contributed by atoms with E-state index in [2.05, 4.69) is 27.0 Å². The maximum absolute atomic E-state index is 13.9. The molecule has 0 saturated carbocycles. The van der Waals surface area contributed by atoms with Crippen LogP contribution in [0.4, 0.5) is 10.1 Å². The van der Waals surface area contributed by atoms with Gasteiger partial charge in [-0.1, -0.05) is 12.1 Å². The fraction of sp³-hybridized carbons (Fsp3) is 0.562. The van der Waals surface area contributed by atoms with Crippen LogP contribution in [0.1, 0.15) is 6.92 Å². The molecule has 1 aliphatic heterocycles. The quantitative estimate of drug-likeness (QED) is 0.509. The topological polar surface area (TPSA) is 40.1 Å². The minimum Gasteiger partial charge on any atom is -0.383 e. The highest BCUT2D eigenvalue weighted by molar-refractivity contribution is 5.80. The lowest BCUT2D eigenvalue weighted by atomic mass is 10.2. The minimum absolute atomic E-state index is 0.156. The Labute approximate surface area is 131 Å². The first-order chi connectivity index (χ1) is 10.8. The van der Waals surface area contributed by atoms with Gasteiger partial charge in [-0.05, 0) is 19.1 Å². The second-order valence-corrected chi connectivity index (χ2v) is 5.15. The van der Waals surface area contributed by atoms with Crippen LogP contribution in [-0.2, 0) is 4.74 Å². The number of para-hydroxylation sites is 1. The van der Waals surface area contributed by atoms with E-state index >= 15 is 0 Å². The number of methoxy groups -OCH3 is 1.